The highest BCUT2D eigenvalue weighted by Crippen LogP contribution is 2.35. The van der Waals surface area contributed by atoms with Gasteiger partial charge in [0, 0.05) is 10.5 Å². The highest BCUT2D eigenvalue weighted by Gasteiger charge is 2.23. The van der Waals surface area contributed by atoms with Crippen LogP contribution >= 0.6 is 11.8 Å². The van der Waals surface area contributed by atoms with Gasteiger partial charge in [-0.1, -0.05) is 0 Å². The van der Waals surface area contributed by atoms with Crippen LogP contribution in [0.1, 0.15) is 39.2 Å². The van der Waals surface area contributed by atoms with E-state index >= 15 is 0 Å². The van der Waals surface area contributed by atoms with E-state index in [0.29, 0.717) is 22.8 Å². The molecule has 3 N–H and O–H groups in total. The Morgan fingerprint density at radius 1 is 1.36 bits per heavy atom. The van der Waals surface area contributed by atoms with Crippen molar-refractivity contribution in [3.63, 3.8) is 0 Å². The molecule has 0 radical (unpaired) electrons. The van der Waals surface area contributed by atoms with E-state index in [0.717, 1.165) is 4.90 Å². The predicted octanol–water partition coefficient (Wildman–Crippen LogP) is 2.65. The molecule has 25 heavy (non-hydrogen) atoms. The number of carbonyl (C=O) groups excluding carboxylic acids is 2. The fourth-order valence-corrected chi connectivity index (χ4v) is 3.39. The second-order valence-corrected chi connectivity index (χ2v) is 7.01. The third-order valence-corrected chi connectivity index (χ3v) is 4.97. The Hall–Kier alpha value is -2.74. The molecule has 2 amide bonds. The van der Waals surface area contributed by atoms with Crippen LogP contribution in [0.4, 0.5) is 5.69 Å². The molecular formula is C17H16N2O5S. The first-order valence-corrected chi connectivity index (χ1v) is 8.45. The second-order valence-electron chi connectivity index (χ2n) is 5.63. The van der Waals surface area contributed by atoms with Crippen LogP contribution in [0, 0.1) is 6.92 Å². The molecule has 7 nitrogen and oxygen atoms in total. The van der Waals surface area contributed by atoms with Crippen molar-refractivity contribution in [2.24, 2.45) is 0 Å². The van der Waals surface area contributed by atoms with E-state index in [1.807, 2.05) is 6.92 Å². The standard InChI is InChI=1S/C17H16N2O5S/c1-8-12(17(22)23)6-11(24-8)7-18-16(21)10-3-4-14-13(5-10)19-15(20)9(2)25-14/h3-6,9H,7H2,1-2H3,(H,18,21)(H,19,20)(H,22,23)/t9-/m0/s1. The third kappa shape index (κ3) is 3.53. The molecule has 130 valence electrons. The third-order valence-electron chi connectivity index (χ3n) is 3.79. The molecule has 1 aromatic heterocycles. The van der Waals surface area contributed by atoms with E-state index in [1.165, 1.54) is 17.8 Å². The summed E-state index contributed by atoms with van der Waals surface area (Å²) in [6.45, 7) is 3.45. The normalized spacial score (nSPS) is 16.1. The van der Waals surface area contributed by atoms with Gasteiger partial charge in [0.2, 0.25) is 5.91 Å². The van der Waals surface area contributed by atoms with Gasteiger partial charge >= 0.3 is 5.97 Å². The van der Waals surface area contributed by atoms with Crippen LogP contribution in [0.5, 0.6) is 0 Å². The van der Waals surface area contributed by atoms with Gasteiger partial charge in [-0.05, 0) is 38.1 Å². The van der Waals surface area contributed by atoms with Crippen LogP contribution < -0.4 is 10.6 Å². The van der Waals surface area contributed by atoms with Gasteiger partial charge in [0.1, 0.15) is 17.1 Å². The van der Waals surface area contributed by atoms with Crippen molar-refractivity contribution in [3.8, 4) is 0 Å². The van der Waals surface area contributed by atoms with Crippen molar-refractivity contribution in [2.45, 2.75) is 30.5 Å². The molecule has 1 atom stereocenters. The maximum Gasteiger partial charge on any atom is 0.339 e. The number of nitrogens with one attached hydrogen (secondary N) is 2. The van der Waals surface area contributed by atoms with Crippen molar-refractivity contribution in [2.75, 3.05) is 5.32 Å². The van der Waals surface area contributed by atoms with Gasteiger partial charge < -0.3 is 20.2 Å². The molecule has 0 aliphatic carbocycles. The summed E-state index contributed by atoms with van der Waals surface area (Å²) in [6.07, 6.45) is 0. The largest absolute Gasteiger partial charge is 0.478 e. The van der Waals surface area contributed by atoms with Crippen molar-refractivity contribution in [1.29, 1.82) is 0 Å². The number of fused-ring (bicyclic) bond motifs is 1. The van der Waals surface area contributed by atoms with E-state index < -0.39 is 5.97 Å². The number of carbonyl (C=O) groups is 3. The summed E-state index contributed by atoms with van der Waals surface area (Å²) in [4.78, 5) is 35.9. The first kappa shape index (κ1) is 17.1. The van der Waals surface area contributed by atoms with E-state index in [1.54, 1.807) is 25.1 Å². The van der Waals surface area contributed by atoms with Gasteiger partial charge in [-0.15, -0.1) is 11.8 Å². The topological polar surface area (TPSA) is 109 Å². The number of anilines is 1. The Morgan fingerprint density at radius 3 is 2.80 bits per heavy atom. The van der Waals surface area contributed by atoms with Gasteiger partial charge in [0.05, 0.1) is 17.5 Å². The van der Waals surface area contributed by atoms with Crippen molar-refractivity contribution < 1.29 is 23.9 Å². The molecule has 1 aromatic carbocycles. The average Bonchev–Trinajstić information content (AvgIpc) is 2.94. The molecule has 2 heterocycles. The molecular weight excluding hydrogens is 344 g/mol. The summed E-state index contributed by atoms with van der Waals surface area (Å²) < 4.78 is 5.32. The first-order valence-electron chi connectivity index (χ1n) is 7.57. The summed E-state index contributed by atoms with van der Waals surface area (Å²) in [5, 5.41) is 14.3. The summed E-state index contributed by atoms with van der Waals surface area (Å²) >= 11 is 1.44. The van der Waals surface area contributed by atoms with Crippen LogP contribution in [0.2, 0.25) is 0 Å². The lowest BCUT2D eigenvalue weighted by molar-refractivity contribution is -0.115. The van der Waals surface area contributed by atoms with Gasteiger partial charge in [0.15, 0.2) is 0 Å². The van der Waals surface area contributed by atoms with Gasteiger partial charge in [0.25, 0.3) is 5.91 Å². The minimum absolute atomic E-state index is 0.0716. The quantitative estimate of drug-likeness (QED) is 0.773. The number of hydrogen-bond acceptors (Lipinski definition) is 5. The molecule has 0 saturated heterocycles. The van der Waals surface area contributed by atoms with Crippen LogP contribution in [0.3, 0.4) is 0 Å². The number of aromatic carboxylic acids is 1. The number of hydrogen-bond donors (Lipinski definition) is 3. The highest BCUT2D eigenvalue weighted by atomic mass is 32.2. The lowest BCUT2D eigenvalue weighted by Crippen LogP contribution is -2.27. The molecule has 1 aliphatic heterocycles. The van der Waals surface area contributed by atoms with E-state index in [9.17, 15) is 14.4 Å². The highest BCUT2D eigenvalue weighted by molar-refractivity contribution is 8.00. The SMILES string of the molecule is Cc1oc(CNC(=O)c2ccc3c(c2)NC(=O)[C@H](C)S3)cc1C(=O)O. The van der Waals surface area contributed by atoms with Gasteiger partial charge in [-0.3, -0.25) is 9.59 Å². The molecule has 1 aliphatic rings. The van der Waals surface area contributed by atoms with E-state index in [-0.39, 0.29) is 29.2 Å². The fourth-order valence-electron chi connectivity index (χ4n) is 2.46. The van der Waals surface area contributed by atoms with Crippen molar-refractivity contribution in [3.05, 3.63) is 46.9 Å². The van der Waals surface area contributed by atoms with Crippen molar-refractivity contribution >= 4 is 35.2 Å². The number of thioether (sulfide) groups is 1. The Labute approximate surface area is 147 Å². The number of carboxylic acids is 1. The minimum Gasteiger partial charge on any atom is -0.478 e. The minimum atomic E-state index is -1.07. The van der Waals surface area contributed by atoms with Gasteiger partial charge in [-0.25, -0.2) is 4.79 Å². The first-order chi connectivity index (χ1) is 11.8. The lowest BCUT2D eigenvalue weighted by Gasteiger charge is -2.21. The molecule has 0 unspecified atom stereocenters. The molecule has 3 rings (SSSR count). The Morgan fingerprint density at radius 2 is 2.12 bits per heavy atom. The molecule has 0 bridgehead atoms. The number of aryl methyl sites for hydroxylation is 1. The predicted molar refractivity (Wildman–Crippen MR) is 92.0 cm³/mol. The van der Waals surface area contributed by atoms with Crippen molar-refractivity contribution in [1.82, 2.24) is 5.32 Å². The number of furan rings is 1. The second kappa shape index (κ2) is 6.64. The van der Waals surface area contributed by atoms with Crippen LogP contribution in [-0.2, 0) is 11.3 Å². The monoisotopic (exact) mass is 360 g/mol. The lowest BCUT2D eigenvalue weighted by atomic mass is 10.1. The Kier molecular flexibility index (Phi) is 4.54. The van der Waals surface area contributed by atoms with Crippen LogP contribution in [0.15, 0.2) is 33.6 Å². The maximum atomic E-state index is 12.3. The van der Waals surface area contributed by atoms with Crippen LogP contribution in [0.25, 0.3) is 0 Å². The smallest absolute Gasteiger partial charge is 0.339 e. The average molecular weight is 360 g/mol. The summed E-state index contributed by atoms with van der Waals surface area (Å²) in [7, 11) is 0. The molecule has 0 fully saturated rings. The molecule has 2 aromatic rings. The molecule has 8 heteroatoms. The summed E-state index contributed by atoms with van der Waals surface area (Å²) in [5.41, 5.74) is 1.09. The van der Waals surface area contributed by atoms with Crippen LogP contribution in [-0.4, -0.2) is 28.1 Å². The number of rotatable bonds is 4. The summed E-state index contributed by atoms with van der Waals surface area (Å²) in [6, 6.07) is 6.49. The summed E-state index contributed by atoms with van der Waals surface area (Å²) in [5.74, 6) is -0.858. The zero-order chi connectivity index (χ0) is 18.1. The number of amides is 2. The Balaban J connectivity index is 1.70. The zero-order valence-corrected chi connectivity index (χ0v) is 14.4. The molecule has 0 saturated carbocycles. The van der Waals surface area contributed by atoms with Gasteiger partial charge in [-0.2, -0.15) is 0 Å². The zero-order valence-electron chi connectivity index (χ0n) is 13.6. The maximum absolute atomic E-state index is 12.3. The molecule has 0 spiro atoms. The van der Waals surface area contributed by atoms with E-state index in [4.69, 9.17) is 9.52 Å². The Bertz CT molecular complexity index is 874. The fraction of sp³-hybridized carbons (Fsp3) is 0.235. The number of carboxylic acid groups (broad SMARTS) is 1. The van der Waals surface area contributed by atoms with E-state index in [2.05, 4.69) is 10.6 Å². The number of benzene rings is 1.